The summed E-state index contributed by atoms with van der Waals surface area (Å²) in [6, 6.07) is 2.26. The molecule has 3 saturated carbocycles. The first-order valence-corrected chi connectivity index (χ1v) is 10.2. The Balaban J connectivity index is 1.61. The van der Waals surface area contributed by atoms with Crippen LogP contribution in [0.25, 0.3) is 0 Å². The first-order valence-electron chi connectivity index (χ1n) is 10.2. The highest BCUT2D eigenvalue weighted by atomic mass is 16.5. The van der Waals surface area contributed by atoms with Gasteiger partial charge in [0.15, 0.2) is 5.60 Å². The minimum Gasteiger partial charge on any atom is -0.462 e. The summed E-state index contributed by atoms with van der Waals surface area (Å²) in [5.41, 5.74) is 0.252. The quantitative estimate of drug-likeness (QED) is 0.435. The average molecular weight is 357 g/mol. The highest BCUT2D eigenvalue weighted by Crippen LogP contribution is 2.67. The third-order valence-electron chi connectivity index (χ3n) is 8.73. The largest absolute Gasteiger partial charge is 0.462 e. The van der Waals surface area contributed by atoms with E-state index in [1.165, 1.54) is 12.5 Å². The molecule has 0 radical (unpaired) electrons. The Morgan fingerprint density at radius 2 is 1.96 bits per heavy atom. The first kappa shape index (κ1) is 18.0. The molecule has 4 aliphatic rings. The van der Waals surface area contributed by atoms with Gasteiger partial charge in [0.25, 0.3) is 0 Å². The number of hydrogen-bond acceptors (Lipinski definition) is 4. The van der Waals surface area contributed by atoms with Gasteiger partial charge in [-0.2, -0.15) is 5.26 Å². The molecular weight excluding hydrogens is 326 g/mol. The van der Waals surface area contributed by atoms with Crippen molar-refractivity contribution in [2.24, 2.45) is 28.6 Å². The summed E-state index contributed by atoms with van der Waals surface area (Å²) in [7, 11) is 0. The van der Waals surface area contributed by atoms with Gasteiger partial charge < -0.3 is 9.84 Å². The lowest BCUT2D eigenvalue weighted by atomic mass is 9.47. The molecule has 0 heterocycles. The van der Waals surface area contributed by atoms with Crippen molar-refractivity contribution in [2.45, 2.75) is 83.8 Å². The SMILES string of the molecule is CC(=O)O[C@@H]1CC[C@@]2(C)C(=CC[C@H]3[C@H]2CC[C@@]2(C)[C@@H]3CC[C@@]2(O)C#N)C1. The second-order valence-corrected chi connectivity index (χ2v) is 9.70. The highest BCUT2D eigenvalue weighted by molar-refractivity contribution is 5.66. The van der Waals surface area contributed by atoms with Crippen molar-refractivity contribution in [3.8, 4) is 6.07 Å². The van der Waals surface area contributed by atoms with E-state index < -0.39 is 5.60 Å². The van der Waals surface area contributed by atoms with E-state index in [1.807, 2.05) is 0 Å². The lowest BCUT2D eigenvalue weighted by Crippen LogP contribution is -2.54. The van der Waals surface area contributed by atoms with Crippen LogP contribution in [0.5, 0.6) is 0 Å². The fourth-order valence-corrected chi connectivity index (χ4v) is 7.16. The van der Waals surface area contributed by atoms with Gasteiger partial charge in [-0.25, -0.2) is 0 Å². The molecule has 0 amide bonds. The topological polar surface area (TPSA) is 70.3 Å². The van der Waals surface area contributed by atoms with Crippen LogP contribution >= 0.6 is 0 Å². The van der Waals surface area contributed by atoms with E-state index >= 15 is 0 Å². The summed E-state index contributed by atoms with van der Waals surface area (Å²) in [5.74, 6) is 1.45. The Morgan fingerprint density at radius 3 is 2.65 bits per heavy atom. The number of fused-ring (bicyclic) bond motifs is 5. The number of allylic oxidation sites excluding steroid dienone is 1. The summed E-state index contributed by atoms with van der Waals surface area (Å²) in [5, 5.41) is 20.5. The molecule has 0 saturated heterocycles. The average Bonchev–Trinajstić information content (AvgIpc) is 2.87. The minimum absolute atomic E-state index is 0.0346. The molecule has 0 bridgehead atoms. The predicted octanol–water partition coefficient (Wildman–Crippen LogP) is 4.14. The number of carbonyl (C=O) groups is 1. The van der Waals surface area contributed by atoms with Gasteiger partial charge in [0.05, 0.1) is 6.07 Å². The molecule has 4 aliphatic carbocycles. The van der Waals surface area contributed by atoms with Crippen LogP contribution in [0.15, 0.2) is 11.6 Å². The normalized spacial score (nSPS) is 49.9. The van der Waals surface area contributed by atoms with Crippen molar-refractivity contribution < 1.29 is 14.6 Å². The zero-order valence-corrected chi connectivity index (χ0v) is 16.3. The molecule has 26 heavy (non-hydrogen) atoms. The zero-order valence-electron chi connectivity index (χ0n) is 16.3. The van der Waals surface area contributed by atoms with Crippen LogP contribution < -0.4 is 0 Å². The smallest absolute Gasteiger partial charge is 0.302 e. The zero-order chi connectivity index (χ0) is 18.7. The number of aliphatic hydroxyl groups is 1. The minimum atomic E-state index is -1.15. The van der Waals surface area contributed by atoms with E-state index in [-0.39, 0.29) is 22.9 Å². The van der Waals surface area contributed by atoms with E-state index in [0.29, 0.717) is 24.2 Å². The van der Waals surface area contributed by atoms with E-state index in [0.717, 1.165) is 44.9 Å². The van der Waals surface area contributed by atoms with E-state index in [9.17, 15) is 15.2 Å². The van der Waals surface area contributed by atoms with E-state index in [1.54, 1.807) is 0 Å². The van der Waals surface area contributed by atoms with Crippen LogP contribution in [0, 0.1) is 39.9 Å². The summed E-state index contributed by atoms with van der Waals surface area (Å²) < 4.78 is 5.50. The molecule has 142 valence electrons. The molecule has 0 unspecified atom stereocenters. The predicted molar refractivity (Wildman–Crippen MR) is 97.8 cm³/mol. The van der Waals surface area contributed by atoms with Crippen LogP contribution in [0.3, 0.4) is 0 Å². The van der Waals surface area contributed by atoms with Crippen molar-refractivity contribution in [1.29, 1.82) is 5.26 Å². The number of carbonyl (C=O) groups excluding carboxylic acids is 1. The monoisotopic (exact) mass is 357 g/mol. The molecule has 4 nitrogen and oxygen atoms in total. The summed E-state index contributed by atoms with van der Waals surface area (Å²) >= 11 is 0. The Bertz CT molecular complexity index is 694. The van der Waals surface area contributed by atoms with Crippen molar-refractivity contribution in [1.82, 2.24) is 0 Å². The lowest BCUT2D eigenvalue weighted by molar-refractivity contribution is -0.149. The molecule has 4 heteroatoms. The maximum Gasteiger partial charge on any atom is 0.302 e. The van der Waals surface area contributed by atoms with Crippen LogP contribution in [-0.2, 0) is 9.53 Å². The van der Waals surface area contributed by atoms with Gasteiger partial charge in [-0.15, -0.1) is 0 Å². The maximum absolute atomic E-state index is 11.3. The highest BCUT2D eigenvalue weighted by Gasteiger charge is 2.64. The van der Waals surface area contributed by atoms with Crippen LogP contribution in [0.2, 0.25) is 0 Å². The summed E-state index contributed by atoms with van der Waals surface area (Å²) in [6.07, 6.45) is 10.0. The molecule has 7 atom stereocenters. The molecule has 0 aromatic rings. The van der Waals surface area contributed by atoms with Crippen molar-refractivity contribution >= 4 is 5.97 Å². The number of ether oxygens (including phenoxy) is 1. The first-order chi connectivity index (χ1) is 12.2. The van der Waals surface area contributed by atoms with Gasteiger partial charge in [0.1, 0.15) is 6.10 Å². The van der Waals surface area contributed by atoms with Crippen LogP contribution in [0.4, 0.5) is 0 Å². The van der Waals surface area contributed by atoms with Gasteiger partial charge in [-0.1, -0.05) is 25.5 Å². The third-order valence-corrected chi connectivity index (χ3v) is 8.73. The van der Waals surface area contributed by atoms with Gasteiger partial charge >= 0.3 is 5.97 Å². The molecule has 3 fully saturated rings. The van der Waals surface area contributed by atoms with Gasteiger partial charge in [0.2, 0.25) is 0 Å². The molecular formula is C22H31NO3. The fourth-order valence-electron chi connectivity index (χ4n) is 7.16. The Morgan fingerprint density at radius 1 is 1.23 bits per heavy atom. The van der Waals surface area contributed by atoms with E-state index in [2.05, 4.69) is 26.0 Å². The third kappa shape index (κ3) is 2.32. The van der Waals surface area contributed by atoms with Crippen molar-refractivity contribution in [2.75, 3.05) is 0 Å². The second kappa shape index (κ2) is 5.83. The Kier molecular flexibility index (Phi) is 4.04. The molecule has 4 rings (SSSR count). The molecule has 0 aliphatic heterocycles. The number of nitriles is 1. The van der Waals surface area contributed by atoms with Crippen molar-refractivity contribution in [3.63, 3.8) is 0 Å². The Hall–Kier alpha value is -1.34. The van der Waals surface area contributed by atoms with Gasteiger partial charge in [0, 0.05) is 18.8 Å². The Labute approximate surface area is 156 Å². The summed E-state index contributed by atoms with van der Waals surface area (Å²) in [6.45, 7) is 6.06. The van der Waals surface area contributed by atoms with Gasteiger partial charge in [-0.3, -0.25) is 4.79 Å². The van der Waals surface area contributed by atoms with Crippen molar-refractivity contribution in [3.05, 3.63) is 11.6 Å². The van der Waals surface area contributed by atoms with Gasteiger partial charge in [-0.05, 0) is 68.1 Å². The van der Waals surface area contributed by atoms with Crippen LogP contribution in [0.1, 0.15) is 72.1 Å². The second-order valence-electron chi connectivity index (χ2n) is 9.70. The standard InChI is InChI=1S/C22H31NO3/c1-14(24)26-16-6-9-20(2)15(12-16)4-5-17-18(20)7-10-21(3)19(17)8-11-22(21,25)13-23/h4,16-19,25H,5-12H2,1-3H3/t16-,17+,18-,19-,20+,21+,22-/m1/s1. The number of hydrogen-bond donors (Lipinski definition) is 1. The number of rotatable bonds is 1. The maximum atomic E-state index is 11.3. The van der Waals surface area contributed by atoms with E-state index in [4.69, 9.17) is 4.74 Å². The summed E-state index contributed by atoms with van der Waals surface area (Å²) in [4.78, 5) is 11.3. The molecule has 1 N–H and O–H groups in total. The fraction of sp³-hybridized carbons (Fsp3) is 0.818. The van der Waals surface area contributed by atoms with Crippen LogP contribution in [-0.4, -0.2) is 22.8 Å². The molecule has 0 aromatic carbocycles. The number of nitrogens with zero attached hydrogens (tertiary/aromatic N) is 1. The number of esters is 1. The molecule has 0 aromatic heterocycles. The lowest BCUT2D eigenvalue weighted by Gasteiger charge is -2.58. The molecule has 0 spiro atoms.